The van der Waals surface area contributed by atoms with Crippen LogP contribution < -0.4 is 5.32 Å². The van der Waals surface area contributed by atoms with Crippen LogP contribution in [0.15, 0.2) is 60.7 Å². The van der Waals surface area contributed by atoms with Crippen LogP contribution in [0.1, 0.15) is 24.2 Å². The Morgan fingerprint density at radius 2 is 1.48 bits per heavy atom. The maximum Gasteiger partial charge on any atom is 0.328 e. The predicted octanol–water partition coefficient (Wildman–Crippen LogP) is 2.06. The highest BCUT2D eigenvalue weighted by molar-refractivity contribution is 5.89. The summed E-state index contributed by atoms with van der Waals surface area (Å²) in [6.45, 7) is 2.41. The van der Waals surface area contributed by atoms with Gasteiger partial charge in [0.05, 0.1) is 6.10 Å². The molecule has 0 fully saturated rings. The van der Waals surface area contributed by atoms with Gasteiger partial charge < -0.3 is 30.8 Å². The average Bonchev–Trinajstić information content (AvgIpc) is 2.65. The number of carboxylic acid groups (broad SMARTS) is 2. The summed E-state index contributed by atoms with van der Waals surface area (Å²) in [5.41, 5.74) is 1.73. The van der Waals surface area contributed by atoms with Gasteiger partial charge in [0.2, 0.25) is 0 Å². The van der Waals surface area contributed by atoms with E-state index in [4.69, 9.17) is 10.2 Å². The SMILES string of the molecule is C[C@@H](Cc1ccccc1)NC[C@@H](O)c1cc(O)cc(O)c1.O=C(O)C=CC(=O)O. The van der Waals surface area contributed by atoms with Gasteiger partial charge in [0.1, 0.15) is 11.5 Å². The molecule has 0 aliphatic carbocycles. The van der Waals surface area contributed by atoms with Crippen LogP contribution >= 0.6 is 0 Å². The largest absolute Gasteiger partial charge is 0.508 e. The zero-order chi connectivity index (χ0) is 21.8. The average molecular weight is 403 g/mol. The number of aromatic hydroxyl groups is 2. The van der Waals surface area contributed by atoms with E-state index in [1.165, 1.54) is 23.8 Å². The second kappa shape index (κ2) is 12.2. The molecule has 0 amide bonds. The summed E-state index contributed by atoms with van der Waals surface area (Å²) < 4.78 is 0. The number of phenols is 2. The van der Waals surface area contributed by atoms with Crippen molar-refractivity contribution in [3.8, 4) is 11.5 Å². The van der Waals surface area contributed by atoms with E-state index in [9.17, 15) is 24.9 Å². The summed E-state index contributed by atoms with van der Waals surface area (Å²) >= 11 is 0. The van der Waals surface area contributed by atoms with Crippen LogP contribution in [0.3, 0.4) is 0 Å². The zero-order valence-corrected chi connectivity index (χ0v) is 15.9. The fourth-order valence-electron chi connectivity index (χ4n) is 2.42. The third-order valence-electron chi connectivity index (χ3n) is 3.72. The van der Waals surface area contributed by atoms with Gasteiger partial charge in [-0.2, -0.15) is 0 Å². The molecule has 2 rings (SSSR count). The highest BCUT2D eigenvalue weighted by Gasteiger charge is 2.11. The molecule has 0 unspecified atom stereocenters. The van der Waals surface area contributed by atoms with Crippen LogP contribution in [-0.4, -0.2) is 50.1 Å². The van der Waals surface area contributed by atoms with Crippen LogP contribution in [0.25, 0.3) is 0 Å². The highest BCUT2D eigenvalue weighted by Crippen LogP contribution is 2.24. The molecule has 6 N–H and O–H groups in total. The topological polar surface area (TPSA) is 147 Å². The lowest BCUT2D eigenvalue weighted by Crippen LogP contribution is -2.32. The Labute approximate surface area is 168 Å². The third kappa shape index (κ3) is 10.5. The first-order chi connectivity index (χ1) is 13.7. The Bertz CT molecular complexity index is 785. The van der Waals surface area contributed by atoms with Crippen LogP contribution in [0.2, 0.25) is 0 Å². The molecule has 156 valence electrons. The molecule has 0 aliphatic rings. The van der Waals surface area contributed by atoms with Crippen molar-refractivity contribution in [2.24, 2.45) is 0 Å². The van der Waals surface area contributed by atoms with Crippen molar-refractivity contribution in [2.45, 2.75) is 25.5 Å². The fraction of sp³-hybridized carbons (Fsp3) is 0.238. The van der Waals surface area contributed by atoms with E-state index in [1.807, 2.05) is 18.2 Å². The number of hydrogen-bond acceptors (Lipinski definition) is 6. The highest BCUT2D eigenvalue weighted by atomic mass is 16.4. The lowest BCUT2D eigenvalue weighted by molar-refractivity contribution is -0.134. The van der Waals surface area contributed by atoms with Gasteiger partial charge in [-0.05, 0) is 36.6 Å². The van der Waals surface area contributed by atoms with E-state index in [2.05, 4.69) is 24.4 Å². The van der Waals surface area contributed by atoms with Crippen molar-refractivity contribution < 1.29 is 35.1 Å². The Morgan fingerprint density at radius 1 is 0.966 bits per heavy atom. The van der Waals surface area contributed by atoms with Gasteiger partial charge in [-0.3, -0.25) is 0 Å². The Balaban J connectivity index is 0.000000447. The molecule has 0 saturated carbocycles. The summed E-state index contributed by atoms with van der Waals surface area (Å²) in [5, 5.41) is 47.8. The number of phenolic OH excluding ortho intramolecular Hbond substituents is 2. The molecule has 0 heterocycles. The molecule has 0 radical (unpaired) electrons. The standard InChI is InChI=1S/C17H21NO3.C4H4O4/c1-12(7-13-5-3-2-4-6-13)18-11-17(21)14-8-15(19)10-16(20)9-14;5-3(6)1-2-4(7)8/h2-6,8-10,12,17-21H,7,11H2,1H3;1-2H,(H,5,6)(H,7,8)/t12-,17+;/m0./s1. The first-order valence-electron chi connectivity index (χ1n) is 8.79. The Kier molecular flexibility index (Phi) is 9.94. The number of carboxylic acids is 2. The molecule has 0 bridgehead atoms. The van der Waals surface area contributed by atoms with Crippen LogP contribution in [0.4, 0.5) is 0 Å². The van der Waals surface area contributed by atoms with Gasteiger partial charge in [-0.1, -0.05) is 30.3 Å². The minimum atomic E-state index is -1.26. The molecular weight excluding hydrogens is 378 g/mol. The number of benzene rings is 2. The van der Waals surface area contributed by atoms with Crippen LogP contribution in [-0.2, 0) is 16.0 Å². The monoisotopic (exact) mass is 403 g/mol. The van der Waals surface area contributed by atoms with Crippen molar-refractivity contribution in [2.75, 3.05) is 6.54 Å². The lowest BCUT2D eigenvalue weighted by atomic mass is 10.1. The van der Waals surface area contributed by atoms with Gasteiger partial charge in [0.25, 0.3) is 0 Å². The predicted molar refractivity (Wildman–Crippen MR) is 107 cm³/mol. The lowest BCUT2D eigenvalue weighted by Gasteiger charge is -2.18. The molecule has 0 spiro atoms. The minimum Gasteiger partial charge on any atom is -0.508 e. The summed E-state index contributed by atoms with van der Waals surface area (Å²) in [4.78, 5) is 19.1. The molecule has 29 heavy (non-hydrogen) atoms. The second-order valence-corrected chi connectivity index (χ2v) is 6.31. The molecule has 2 atom stereocenters. The van der Waals surface area contributed by atoms with E-state index < -0.39 is 18.0 Å². The quantitative estimate of drug-likeness (QED) is 0.367. The summed E-state index contributed by atoms with van der Waals surface area (Å²) in [6, 6.07) is 14.5. The maximum absolute atomic E-state index is 10.1. The fourth-order valence-corrected chi connectivity index (χ4v) is 2.42. The number of rotatable bonds is 8. The molecular formula is C21H25NO7. The molecule has 2 aromatic rings. The third-order valence-corrected chi connectivity index (χ3v) is 3.72. The van der Waals surface area contributed by atoms with Crippen LogP contribution in [0.5, 0.6) is 11.5 Å². The van der Waals surface area contributed by atoms with Gasteiger partial charge in [-0.25, -0.2) is 9.59 Å². The molecule has 0 saturated heterocycles. The molecule has 0 aliphatic heterocycles. The smallest absolute Gasteiger partial charge is 0.328 e. The number of hydrogen-bond donors (Lipinski definition) is 6. The second-order valence-electron chi connectivity index (χ2n) is 6.31. The summed E-state index contributed by atoms with van der Waals surface area (Å²) in [5.74, 6) is -2.62. The Morgan fingerprint density at radius 3 is 1.97 bits per heavy atom. The number of aliphatic hydroxyl groups excluding tert-OH is 1. The van der Waals surface area contributed by atoms with Crippen molar-refractivity contribution in [3.05, 3.63) is 71.8 Å². The summed E-state index contributed by atoms with van der Waals surface area (Å²) in [7, 11) is 0. The number of nitrogens with one attached hydrogen (secondary N) is 1. The summed E-state index contributed by atoms with van der Waals surface area (Å²) in [6.07, 6.45) is 1.21. The van der Waals surface area contributed by atoms with E-state index in [0.717, 1.165) is 6.42 Å². The first kappa shape index (κ1) is 23.7. The van der Waals surface area contributed by atoms with E-state index >= 15 is 0 Å². The number of carbonyl (C=O) groups is 2. The molecule has 8 nitrogen and oxygen atoms in total. The minimum absolute atomic E-state index is 0.0543. The normalized spacial score (nSPS) is 12.6. The van der Waals surface area contributed by atoms with E-state index in [0.29, 0.717) is 24.3 Å². The van der Waals surface area contributed by atoms with Crippen molar-refractivity contribution in [3.63, 3.8) is 0 Å². The van der Waals surface area contributed by atoms with Gasteiger partial charge in [-0.15, -0.1) is 0 Å². The zero-order valence-electron chi connectivity index (χ0n) is 15.9. The molecule has 0 aromatic heterocycles. The number of aliphatic carboxylic acids is 2. The number of aliphatic hydroxyl groups is 1. The van der Waals surface area contributed by atoms with Crippen LogP contribution in [0, 0.1) is 0 Å². The maximum atomic E-state index is 10.1. The van der Waals surface area contributed by atoms with Crippen molar-refractivity contribution >= 4 is 11.9 Å². The molecule has 8 heteroatoms. The Hall–Kier alpha value is -3.36. The van der Waals surface area contributed by atoms with Crippen molar-refractivity contribution in [1.82, 2.24) is 5.32 Å². The van der Waals surface area contributed by atoms with Gasteiger partial charge >= 0.3 is 11.9 Å². The van der Waals surface area contributed by atoms with Gasteiger partial charge in [0.15, 0.2) is 0 Å². The molecule has 2 aromatic carbocycles. The van der Waals surface area contributed by atoms with Gasteiger partial charge in [0, 0.05) is 30.8 Å². The van der Waals surface area contributed by atoms with E-state index in [1.54, 1.807) is 0 Å². The first-order valence-corrected chi connectivity index (χ1v) is 8.79. The van der Waals surface area contributed by atoms with E-state index in [-0.39, 0.29) is 17.5 Å². The van der Waals surface area contributed by atoms with Crippen molar-refractivity contribution in [1.29, 1.82) is 0 Å².